The third-order valence-electron chi connectivity index (χ3n) is 3.38. The van der Waals surface area contributed by atoms with Gasteiger partial charge in [0, 0.05) is 31.7 Å². The van der Waals surface area contributed by atoms with E-state index >= 15 is 0 Å². The van der Waals surface area contributed by atoms with Crippen LogP contribution in [-0.2, 0) is 9.59 Å². The Balaban J connectivity index is 1.98. The van der Waals surface area contributed by atoms with Gasteiger partial charge < -0.3 is 4.90 Å². The molecule has 0 aromatic carbocycles. The van der Waals surface area contributed by atoms with Gasteiger partial charge in [-0.2, -0.15) is 5.10 Å². The van der Waals surface area contributed by atoms with Crippen LogP contribution in [0, 0.1) is 0 Å². The average molecular weight is 252 g/mol. The molecule has 1 amide bonds. The first-order chi connectivity index (χ1) is 8.38. The summed E-state index contributed by atoms with van der Waals surface area (Å²) in [6.07, 6.45) is -0.0850. The summed E-state index contributed by atoms with van der Waals surface area (Å²) in [6.45, 7) is 9.92. The summed E-state index contributed by atoms with van der Waals surface area (Å²) in [6, 6.07) is 0. The van der Waals surface area contributed by atoms with Gasteiger partial charge in [-0.25, -0.2) is 5.43 Å². The normalized spacial score (nSPS) is 22.8. The molecule has 0 spiro atoms. The van der Waals surface area contributed by atoms with Gasteiger partial charge in [0.1, 0.15) is 0 Å². The van der Waals surface area contributed by atoms with E-state index in [1.807, 2.05) is 4.90 Å². The fourth-order valence-corrected chi connectivity index (χ4v) is 2.28. The number of rotatable bonds is 0. The molecule has 6 nitrogen and oxygen atoms in total. The summed E-state index contributed by atoms with van der Waals surface area (Å²) in [5, 5.41) is 3.88. The molecule has 0 radical (unpaired) electrons. The molecule has 0 bridgehead atoms. The zero-order valence-corrected chi connectivity index (χ0v) is 11.2. The summed E-state index contributed by atoms with van der Waals surface area (Å²) < 4.78 is 0. The van der Waals surface area contributed by atoms with Gasteiger partial charge in [0.15, 0.2) is 5.84 Å². The smallest absolute Gasteiger partial charge is 0.248 e. The van der Waals surface area contributed by atoms with Crippen LogP contribution in [0.25, 0.3) is 0 Å². The molecule has 2 rings (SSSR count). The Kier molecular flexibility index (Phi) is 3.38. The van der Waals surface area contributed by atoms with Crippen LogP contribution in [0.3, 0.4) is 0 Å². The first kappa shape index (κ1) is 13.0. The number of nitrogens with zero attached hydrogens (tertiary/aromatic N) is 3. The second-order valence-electron chi connectivity index (χ2n) is 5.72. The highest BCUT2D eigenvalue weighted by Gasteiger charge is 2.31. The lowest BCUT2D eigenvalue weighted by atomic mass is 10.0. The third-order valence-corrected chi connectivity index (χ3v) is 3.38. The van der Waals surface area contributed by atoms with E-state index in [-0.39, 0.29) is 23.7 Å². The molecule has 0 unspecified atom stereocenters. The molecule has 1 saturated heterocycles. The van der Waals surface area contributed by atoms with Crippen LogP contribution in [0.15, 0.2) is 5.10 Å². The number of hydrogen-bond acceptors (Lipinski definition) is 5. The van der Waals surface area contributed by atoms with Gasteiger partial charge in [-0.3, -0.25) is 14.5 Å². The Morgan fingerprint density at radius 2 is 1.72 bits per heavy atom. The number of ketones is 1. The Morgan fingerprint density at radius 3 is 2.22 bits per heavy atom. The number of amidine groups is 1. The number of hydrazone groups is 1. The number of carbonyl (C=O) groups excluding carboxylic acids is 2. The summed E-state index contributed by atoms with van der Waals surface area (Å²) in [4.78, 5) is 27.1. The van der Waals surface area contributed by atoms with Crippen molar-refractivity contribution in [2.75, 3.05) is 26.2 Å². The molecule has 1 fully saturated rings. The van der Waals surface area contributed by atoms with E-state index < -0.39 is 0 Å². The Hall–Kier alpha value is -1.43. The van der Waals surface area contributed by atoms with E-state index in [1.165, 1.54) is 0 Å². The summed E-state index contributed by atoms with van der Waals surface area (Å²) in [5.41, 5.74) is 2.53. The predicted molar refractivity (Wildman–Crippen MR) is 68.1 cm³/mol. The first-order valence-corrected chi connectivity index (χ1v) is 6.27. The van der Waals surface area contributed by atoms with Crippen LogP contribution in [0.5, 0.6) is 0 Å². The van der Waals surface area contributed by atoms with Crippen LogP contribution >= 0.6 is 0 Å². The van der Waals surface area contributed by atoms with Gasteiger partial charge in [0.25, 0.3) is 0 Å². The minimum Gasteiger partial charge on any atom is -0.350 e. The Labute approximate surface area is 107 Å². The number of piperazine rings is 1. The molecule has 2 aliphatic heterocycles. The van der Waals surface area contributed by atoms with Gasteiger partial charge >= 0.3 is 0 Å². The molecular weight excluding hydrogens is 232 g/mol. The van der Waals surface area contributed by atoms with Crippen LogP contribution in [0.1, 0.15) is 27.2 Å². The highest BCUT2D eigenvalue weighted by Crippen LogP contribution is 2.16. The van der Waals surface area contributed by atoms with Gasteiger partial charge in [0.05, 0.1) is 6.42 Å². The maximum absolute atomic E-state index is 11.7. The van der Waals surface area contributed by atoms with Crippen molar-refractivity contribution in [3.8, 4) is 0 Å². The maximum atomic E-state index is 11.7. The lowest BCUT2D eigenvalue weighted by Gasteiger charge is -2.43. The van der Waals surface area contributed by atoms with Crippen molar-refractivity contribution in [3.05, 3.63) is 0 Å². The number of nitrogens with one attached hydrogen (secondary N) is 1. The molecule has 0 aromatic heterocycles. The molecule has 0 aliphatic carbocycles. The van der Waals surface area contributed by atoms with Crippen molar-refractivity contribution < 1.29 is 9.59 Å². The molecule has 2 heterocycles. The monoisotopic (exact) mass is 252 g/mol. The SMILES string of the molecule is CC(C)(C)N1CCN(C2=NNC(=O)CC2=O)CC1. The fraction of sp³-hybridized carbons (Fsp3) is 0.750. The lowest BCUT2D eigenvalue weighted by molar-refractivity contribution is -0.126. The van der Waals surface area contributed by atoms with Crippen LogP contribution in [0.4, 0.5) is 0 Å². The van der Waals surface area contributed by atoms with Crippen LogP contribution in [-0.4, -0.2) is 59.0 Å². The van der Waals surface area contributed by atoms with Crippen molar-refractivity contribution in [1.82, 2.24) is 15.2 Å². The quantitative estimate of drug-likeness (QED) is 0.607. The van der Waals surface area contributed by atoms with Crippen molar-refractivity contribution in [2.45, 2.75) is 32.7 Å². The van der Waals surface area contributed by atoms with E-state index in [4.69, 9.17) is 0 Å². The highest BCUT2D eigenvalue weighted by molar-refractivity contribution is 6.42. The van der Waals surface area contributed by atoms with Crippen molar-refractivity contribution in [1.29, 1.82) is 0 Å². The summed E-state index contributed by atoms with van der Waals surface area (Å²) in [5.74, 6) is -0.0943. The molecule has 6 heteroatoms. The minimum absolute atomic E-state index is 0.0850. The fourth-order valence-electron chi connectivity index (χ4n) is 2.28. The molecule has 0 saturated carbocycles. The Morgan fingerprint density at radius 1 is 1.11 bits per heavy atom. The standard InChI is InChI=1S/C12H20N4O2/c1-12(2,3)16-6-4-15(5-7-16)11-9(17)8-10(18)13-14-11/h4-8H2,1-3H3,(H,13,18). The highest BCUT2D eigenvalue weighted by atomic mass is 16.2. The predicted octanol–water partition coefficient (Wildman–Crippen LogP) is -0.195. The van der Waals surface area contributed by atoms with Gasteiger partial charge in [-0.05, 0) is 20.8 Å². The van der Waals surface area contributed by atoms with Crippen LogP contribution in [0.2, 0.25) is 0 Å². The second-order valence-corrected chi connectivity index (χ2v) is 5.72. The van der Waals surface area contributed by atoms with Gasteiger partial charge in [-0.15, -0.1) is 0 Å². The summed E-state index contributed by atoms with van der Waals surface area (Å²) >= 11 is 0. The zero-order chi connectivity index (χ0) is 13.3. The maximum Gasteiger partial charge on any atom is 0.248 e. The van der Waals surface area contributed by atoms with Gasteiger partial charge in [0.2, 0.25) is 11.7 Å². The summed E-state index contributed by atoms with van der Waals surface area (Å²) in [7, 11) is 0. The lowest BCUT2D eigenvalue weighted by Crippen LogP contribution is -2.56. The van der Waals surface area contributed by atoms with E-state index in [0.29, 0.717) is 5.84 Å². The van der Waals surface area contributed by atoms with Crippen molar-refractivity contribution in [3.63, 3.8) is 0 Å². The molecule has 100 valence electrons. The zero-order valence-electron chi connectivity index (χ0n) is 11.2. The van der Waals surface area contributed by atoms with E-state index in [2.05, 4.69) is 36.2 Å². The number of amides is 1. The average Bonchev–Trinajstić information content (AvgIpc) is 2.28. The molecular formula is C12H20N4O2. The largest absolute Gasteiger partial charge is 0.350 e. The van der Waals surface area contributed by atoms with Gasteiger partial charge in [-0.1, -0.05) is 0 Å². The van der Waals surface area contributed by atoms with E-state index in [9.17, 15) is 9.59 Å². The molecule has 0 aromatic rings. The number of carbonyl (C=O) groups is 2. The van der Waals surface area contributed by atoms with Crippen molar-refractivity contribution in [2.24, 2.45) is 5.10 Å². The minimum atomic E-state index is -0.322. The van der Waals surface area contributed by atoms with Crippen LogP contribution < -0.4 is 5.43 Å². The number of Topliss-reactive ketones (excluding diaryl/α,β-unsaturated/α-hetero) is 1. The number of hydrogen-bond donors (Lipinski definition) is 1. The molecule has 0 atom stereocenters. The van der Waals surface area contributed by atoms with E-state index in [0.717, 1.165) is 26.2 Å². The second kappa shape index (κ2) is 4.68. The molecule has 18 heavy (non-hydrogen) atoms. The van der Waals surface area contributed by atoms with E-state index in [1.54, 1.807) is 0 Å². The first-order valence-electron chi connectivity index (χ1n) is 6.27. The molecule has 1 N–H and O–H groups in total. The topological polar surface area (TPSA) is 65.0 Å². The Bertz CT molecular complexity index is 389. The third kappa shape index (κ3) is 2.69. The van der Waals surface area contributed by atoms with Crippen molar-refractivity contribution >= 4 is 17.5 Å². The molecule has 2 aliphatic rings.